The summed E-state index contributed by atoms with van der Waals surface area (Å²) >= 11 is 0. The fourth-order valence-corrected chi connectivity index (χ4v) is 4.28. The first-order valence-electron chi connectivity index (χ1n) is 8.04. The molecule has 7 nitrogen and oxygen atoms in total. The van der Waals surface area contributed by atoms with E-state index < -0.39 is 14.9 Å². The van der Waals surface area contributed by atoms with Crippen LogP contribution < -0.4 is 5.32 Å². The molecule has 2 aromatic rings. The van der Waals surface area contributed by atoms with Crippen LogP contribution in [-0.2, 0) is 10.0 Å². The van der Waals surface area contributed by atoms with Crippen LogP contribution in [0.3, 0.4) is 0 Å². The normalized spacial score (nSPS) is 16.3. The van der Waals surface area contributed by atoms with Crippen LogP contribution in [0.25, 0.3) is 11.1 Å². The molecule has 1 aliphatic heterocycles. The van der Waals surface area contributed by atoms with E-state index in [1.165, 1.54) is 16.4 Å². The van der Waals surface area contributed by atoms with E-state index in [2.05, 4.69) is 5.32 Å². The standard InChI is InChI=1S/C17H19N3O4S/c21-20(22)16-6-2-14(3-7-16)15-4-8-17(9-5-15)25(23,24)19-12-1-10-18-11-13-19/h2-9,18H,1,10-13H2. The first-order chi connectivity index (χ1) is 12.0. The topological polar surface area (TPSA) is 92.5 Å². The lowest BCUT2D eigenvalue weighted by atomic mass is 10.1. The molecule has 1 saturated heterocycles. The maximum Gasteiger partial charge on any atom is 0.269 e. The van der Waals surface area contributed by atoms with Crippen molar-refractivity contribution in [1.82, 2.24) is 9.62 Å². The predicted molar refractivity (Wildman–Crippen MR) is 94.8 cm³/mol. The Morgan fingerprint density at radius 2 is 1.52 bits per heavy atom. The molecule has 3 rings (SSSR count). The van der Waals surface area contributed by atoms with E-state index >= 15 is 0 Å². The van der Waals surface area contributed by atoms with Gasteiger partial charge in [-0.25, -0.2) is 8.42 Å². The van der Waals surface area contributed by atoms with Crippen molar-refractivity contribution >= 4 is 15.7 Å². The number of nitro groups is 1. The molecule has 0 bridgehead atoms. The van der Waals surface area contributed by atoms with Gasteiger partial charge in [0.05, 0.1) is 9.82 Å². The van der Waals surface area contributed by atoms with Crippen LogP contribution in [0, 0.1) is 10.1 Å². The van der Waals surface area contributed by atoms with Gasteiger partial charge in [-0.1, -0.05) is 12.1 Å². The molecule has 1 aliphatic rings. The number of nitrogens with one attached hydrogen (secondary N) is 1. The number of rotatable bonds is 4. The van der Waals surface area contributed by atoms with Crippen molar-refractivity contribution in [3.8, 4) is 11.1 Å². The molecular weight excluding hydrogens is 342 g/mol. The van der Waals surface area contributed by atoms with Crippen molar-refractivity contribution in [2.24, 2.45) is 0 Å². The lowest BCUT2D eigenvalue weighted by Gasteiger charge is -2.19. The third-order valence-corrected chi connectivity index (χ3v) is 6.12. The van der Waals surface area contributed by atoms with Crippen molar-refractivity contribution in [2.75, 3.05) is 26.2 Å². The Hall–Kier alpha value is -2.29. The van der Waals surface area contributed by atoms with Gasteiger partial charge in [-0.05, 0) is 48.4 Å². The van der Waals surface area contributed by atoms with Gasteiger partial charge in [-0.15, -0.1) is 0 Å². The first-order valence-corrected chi connectivity index (χ1v) is 9.48. The first kappa shape index (κ1) is 17.5. The van der Waals surface area contributed by atoms with Crippen LogP contribution in [0.1, 0.15) is 6.42 Å². The van der Waals surface area contributed by atoms with Gasteiger partial charge >= 0.3 is 0 Å². The van der Waals surface area contributed by atoms with Gasteiger partial charge in [-0.2, -0.15) is 4.31 Å². The Morgan fingerprint density at radius 1 is 0.920 bits per heavy atom. The summed E-state index contributed by atoms with van der Waals surface area (Å²) < 4.78 is 27.0. The number of non-ortho nitro benzene ring substituents is 1. The van der Waals surface area contributed by atoms with Crippen molar-refractivity contribution in [3.05, 3.63) is 58.6 Å². The highest BCUT2D eigenvalue weighted by Gasteiger charge is 2.24. The lowest BCUT2D eigenvalue weighted by molar-refractivity contribution is -0.384. The largest absolute Gasteiger partial charge is 0.315 e. The zero-order valence-electron chi connectivity index (χ0n) is 13.6. The van der Waals surface area contributed by atoms with E-state index in [9.17, 15) is 18.5 Å². The van der Waals surface area contributed by atoms with Crippen LogP contribution >= 0.6 is 0 Å². The second kappa shape index (κ2) is 7.30. The van der Waals surface area contributed by atoms with Crippen molar-refractivity contribution in [3.63, 3.8) is 0 Å². The summed E-state index contributed by atoms with van der Waals surface area (Å²) in [6.07, 6.45) is 0.792. The van der Waals surface area contributed by atoms with Crippen LogP contribution in [0.15, 0.2) is 53.4 Å². The molecule has 25 heavy (non-hydrogen) atoms. The Labute approximate surface area is 146 Å². The molecule has 0 atom stereocenters. The molecule has 0 aliphatic carbocycles. The molecule has 1 heterocycles. The fourth-order valence-electron chi connectivity index (χ4n) is 2.81. The molecule has 0 radical (unpaired) electrons. The van der Waals surface area contributed by atoms with Crippen LogP contribution in [0.2, 0.25) is 0 Å². The molecule has 0 spiro atoms. The highest BCUT2D eigenvalue weighted by atomic mass is 32.2. The summed E-state index contributed by atoms with van der Waals surface area (Å²) in [4.78, 5) is 10.5. The fraction of sp³-hybridized carbons (Fsp3) is 0.294. The summed E-state index contributed by atoms with van der Waals surface area (Å²) in [6, 6.07) is 12.8. The van der Waals surface area contributed by atoms with Gasteiger partial charge in [0.2, 0.25) is 10.0 Å². The Kier molecular flexibility index (Phi) is 5.12. The van der Waals surface area contributed by atoms with Gasteiger partial charge in [0.25, 0.3) is 5.69 Å². The average molecular weight is 361 g/mol. The van der Waals surface area contributed by atoms with Gasteiger partial charge in [0.1, 0.15) is 0 Å². The van der Waals surface area contributed by atoms with Crippen LogP contribution in [-0.4, -0.2) is 43.8 Å². The number of nitrogens with zero attached hydrogens (tertiary/aromatic N) is 2. The quantitative estimate of drug-likeness (QED) is 0.666. The molecule has 132 valence electrons. The van der Waals surface area contributed by atoms with E-state index in [0.717, 1.165) is 24.1 Å². The highest BCUT2D eigenvalue weighted by Crippen LogP contribution is 2.25. The van der Waals surface area contributed by atoms with E-state index in [-0.39, 0.29) is 10.6 Å². The van der Waals surface area contributed by atoms with Gasteiger partial charge < -0.3 is 5.32 Å². The molecule has 0 aromatic heterocycles. The molecule has 1 N–H and O–H groups in total. The number of hydrogen-bond acceptors (Lipinski definition) is 5. The molecule has 0 amide bonds. The molecule has 0 unspecified atom stereocenters. The second-order valence-corrected chi connectivity index (χ2v) is 7.77. The monoisotopic (exact) mass is 361 g/mol. The summed E-state index contributed by atoms with van der Waals surface area (Å²) in [6.45, 7) is 2.46. The smallest absolute Gasteiger partial charge is 0.269 e. The molecule has 1 fully saturated rings. The van der Waals surface area contributed by atoms with Crippen molar-refractivity contribution < 1.29 is 13.3 Å². The van der Waals surface area contributed by atoms with Crippen LogP contribution in [0.4, 0.5) is 5.69 Å². The Morgan fingerprint density at radius 3 is 2.12 bits per heavy atom. The van der Waals surface area contributed by atoms with Crippen molar-refractivity contribution in [1.29, 1.82) is 0 Å². The number of nitro benzene ring substituents is 1. The van der Waals surface area contributed by atoms with E-state index in [0.29, 0.717) is 19.6 Å². The number of sulfonamides is 1. The summed E-state index contributed by atoms with van der Waals surface area (Å²) in [5.74, 6) is 0. The number of benzene rings is 2. The minimum Gasteiger partial charge on any atom is -0.315 e. The summed E-state index contributed by atoms with van der Waals surface area (Å²) in [7, 11) is -3.50. The third kappa shape index (κ3) is 3.87. The van der Waals surface area contributed by atoms with E-state index in [1.807, 2.05) is 0 Å². The SMILES string of the molecule is O=[N+]([O-])c1ccc(-c2ccc(S(=O)(=O)N3CCCNCC3)cc2)cc1. The van der Waals surface area contributed by atoms with Crippen LogP contribution in [0.5, 0.6) is 0 Å². The highest BCUT2D eigenvalue weighted by molar-refractivity contribution is 7.89. The van der Waals surface area contributed by atoms with Gasteiger partial charge in [0, 0.05) is 31.8 Å². The summed E-state index contributed by atoms with van der Waals surface area (Å²) in [5.41, 5.74) is 1.64. The third-order valence-electron chi connectivity index (χ3n) is 4.20. The number of hydrogen-bond donors (Lipinski definition) is 1. The summed E-state index contributed by atoms with van der Waals surface area (Å²) in [5, 5.41) is 13.9. The molecule has 0 saturated carbocycles. The predicted octanol–water partition coefficient (Wildman–Crippen LogP) is 2.25. The zero-order valence-corrected chi connectivity index (χ0v) is 14.4. The van der Waals surface area contributed by atoms with E-state index in [1.54, 1.807) is 36.4 Å². The molecule has 8 heteroatoms. The van der Waals surface area contributed by atoms with E-state index in [4.69, 9.17) is 0 Å². The maximum absolute atomic E-state index is 12.7. The zero-order chi connectivity index (χ0) is 17.9. The lowest BCUT2D eigenvalue weighted by Crippen LogP contribution is -2.34. The molecular formula is C17H19N3O4S. The Balaban J connectivity index is 1.82. The average Bonchev–Trinajstić information content (AvgIpc) is 2.92. The minimum atomic E-state index is -3.50. The minimum absolute atomic E-state index is 0.0257. The Bertz CT molecular complexity index is 840. The molecule has 2 aromatic carbocycles. The van der Waals surface area contributed by atoms with Gasteiger partial charge in [-0.3, -0.25) is 10.1 Å². The van der Waals surface area contributed by atoms with Crippen molar-refractivity contribution in [2.45, 2.75) is 11.3 Å². The maximum atomic E-state index is 12.7. The second-order valence-electron chi connectivity index (χ2n) is 5.84. The van der Waals surface area contributed by atoms with Gasteiger partial charge in [0.15, 0.2) is 0 Å².